The minimum absolute atomic E-state index is 0.159. The Kier molecular flexibility index (Phi) is 14.3. The monoisotopic (exact) mass is 462 g/mol. The summed E-state index contributed by atoms with van der Waals surface area (Å²) in [5.41, 5.74) is 0. The number of nitrogens with zero attached hydrogens (tertiary/aromatic N) is 2. The van der Waals surface area contributed by atoms with Gasteiger partial charge in [0.15, 0.2) is 12.6 Å². The molecule has 0 fully saturated rings. The van der Waals surface area contributed by atoms with E-state index in [2.05, 4.69) is 36.3 Å². The number of hydrogen-bond acceptors (Lipinski definition) is 8. The van der Waals surface area contributed by atoms with Gasteiger partial charge < -0.3 is 18.9 Å². The highest BCUT2D eigenvalue weighted by Crippen LogP contribution is 2.25. The van der Waals surface area contributed by atoms with Crippen molar-refractivity contribution < 1.29 is 28.5 Å². The first-order valence-corrected chi connectivity index (χ1v) is 11.2. The second-order valence-corrected chi connectivity index (χ2v) is 10.1. The Bertz CT molecular complexity index is 592. The quantitative estimate of drug-likeness (QED) is 0.113. The van der Waals surface area contributed by atoms with Crippen molar-refractivity contribution in [2.45, 2.75) is 89.2 Å². The van der Waals surface area contributed by atoms with Gasteiger partial charge in [0.25, 0.3) is 0 Å². The van der Waals surface area contributed by atoms with Crippen molar-refractivity contribution in [3.63, 3.8) is 0 Å². The van der Waals surface area contributed by atoms with Crippen LogP contribution in [0.5, 0.6) is 0 Å². The number of unbranched alkanes of at least 4 members (excludes halogenated alkanes) is 1. The zero-order valence-electron chi connectivity index (χ0n) is 18.5. The van der Waals surface area contributed by atoms with Gasteiger partial charge in [-0.3, -0.25) is 14.6 Å². The zero-order valence-corrected chi connectivity index (χ0v) is 20.8. The average molecular weight is 462 g/mol. The number of rotatable bonds is 16. The van der Waals surface area contributed by atoms with E-state index in [1.165, 1.54) is 0 Å². The summed E-state index contributed by atoms with van der Waals surface area (Å²) >= 11 is 0. The molecule has 0 spiro atoms. The van der Waals surface area contributed by atoms with Crippen LogP contribution in [0.15, 0.2) is 4.99 Å². The minimum Gasteiger partial charge on any atom is -0.436 e. The molecule has 0 aliphatic heterocycles. The van der Waals surface area contributed by atoms with Crippen molar-refractivity contribution >= 4 is 37.1 Å². The second kappa shape index (κ2) is 14.8. The van der Waals surface area contributed by atoms with E-state index in [0.29, 0.717) is 38.9 Å². The van der Waals surface area contributed by atoms with Gasteiger partial charge in [0.1, 0.15) is 0 Å². The highest BCUT2D eigenvalue weighted by molar-refractivity contribution is 7.19. The van der Waals surface area contributed by atoms with Crippen molar-refractivity contribution in [1.82, 2.24) is 0 Å². The number of nitriles is 1. The van der Waals surface area contributed by atoms with Gasteiger partial charge in [-0.25, -0.2) is 0 Å². The summed E-state index contributed by atoms with van der Waals surface area (Å²) in [5.74, 6) is -0.730. The molecular weight excluding hydrogens is 426 g/mol. The molecule has 0 aliphatic carbocycles. The Hall–Kier alpha value is -1.12. The SMILES string of the molecule is C=NC(C)(P)CCC(=O)OC(C)OCCCCOC(C)OC(=O)CCC(C)(P)C#N. The van der Waals surface area contributed by atoms with Crippen LogP contribution in [0.25, 0.3) is 0 Å². The van der Waals surface area contributed by atoms with Gasteiger partial charge in [0.05, 0.1) is 29.7 Å². The Morgan fingerprint density at radius 2 is 1.43 bits per heavy atom. The van der Waals surface area contributed by atoms with Crippen LogP contribution in [0.3, 0.4) is 0 Å². The van der Waals surface area contributed by atoms with E-state index in [1.807, 2.05) is 6.92 Å². The number of hydrogen-bond donors (Lipinski definition) is 0. The van der Waals surface area contributed by atoms with Crippen LogP contribution in [0.4, 0.5) is 0 Å². The lowest BCUT2D eigenvalue weighted by molar-refractivity contribution is -0.178. The lowest BCUT2D eigenvalue weighted by Crippen LogP contribution is -2.22. The molecular formula is C20H36N2O6P2. The molecule has 0 rings (SSSR count). The third kappa shape index (κ3) is 15.7. The van der Waals surface area contributed by atoms with Gasteiger partial charge in [-0.15, -0.1) is 18.5 Å². The first-order chi connectivity index (χ1) is 13.9. The number of ether oxygens (including phenoxy) is 4. The second-order valence-electron chi connectivity index (χ2n) is 7.61. The molecule has 0 amide bonds. The molecule has 0 aromatic rings. The highest BCUT2D eigenvalue weighted by atomic mass is 31.0. The summed E-state index contributed by atoms with van der Waals surface area (Å²) in [6.07, 6.45) is 1.47. The van der Waals surface area contributed by atoms with Crippen LogP contribution in [0.1, 0.15) is 66.2 Å². The Morgan fingerprint density at radius 1 is 1.00 bits per heavy atom. The summed E-state index contributed by atoms with van der Waals surface area (Å²) in [5, 5.41) is 7.87. The summed E-state index contributed by atoms with van der Waals surface area (Å²) in [6.45, 7) is 11.3. The van der Waals surface area contributed by atoms with Gasteiger partial charge in [-0.2, -0.15) is 5.26 Å². The molecule has 6 atom stereocenters. The van der Waals surface area contributed by atoms with Crippen LogP contribution < -0.4 is 0 Å². The van der Waals surface area contributed by atoms with Gasteiger partial charge >= 0.3 is 11.9 Å². The normalized spacial score (nSPS) is 17.0. The molecule has 0 aliphatic rings. The average Bonchev–Trinajstić information content (AvgIpc) is 2.67. The minimum atomic E-state index is -0.649. The predicted molar refractivity (Wildman–Crippen MR) is 122 cm³/mol. The molecule has 0 aromatic heterocycles. The van der Waals surface area contributed by atoms with Crippen LogP contribution in [-0.2, 0) is 28.5 Å². The molecule has 0 bridgehead atoms. The van der Waals surface area contributed by atoms with E-state index in [0.717, 1.165) is 0 Å². The van der Waals surface area contributed by atoms with E-state index in [-0.39, 0.29) is 18.8 Å². The molecule has 6 unspecified atom stereocenters. The smallest absolute Gasteiger partial charge is 0.308 e. The number of aliphatic imine (C=N–C) groups is 1. The third-order valence-electron chi connectivity index (χ3n) is 4.14. The summed E-state index contributed by atoms with van der Waals surface area (Å²) in [4.78, 5) is 27.4. The van der Waals surface area contributed by atoms with Crippen LogP contribution in [0.2, 0.25) is 0 Å². The first kappa shape index (κ1) is 28.9. The fraction of sp³-hybridized carbons (Fsp3) is 0.800. The molecule has 0 saturated heterocycles. The largest absolute Gasteiger partial charge is 0.436 e. The molecule has 0 aromatic carbocycles. The lowest BCUT2D eigenvalue weighted by atomic mass is 10.1. The van der Waals surface area contributed by atoms with Gasteiger partial charge in [-0.1, -0.05) is 0 Å². The van der Waals surface area contributed by atoms with E-state index in [9.17, 15) is 9.59 Å². The molecule has 10 heteroatoms. The van der Waals surface area contributed by atoms with Gasteiger partial charge in [-0.05, 0) is 60.1 Å². The highest BCUT2D eigenvalue weighted by Gasteiger charge is 2.20. The summed E-state index contributed by atoms with van der Waals surface area (Å²) in [6, 6.07) is 2.11. The van der Waals surface area contributed by atoms with Gasteiger partial charge in [0.2, 0.25) is 0 Å². The van der Waals surface area contributed by atoms with E-state index in [4.69, 9.17) is 24.2 Å². The van der Waals surface area contributed by atoms with E-state index < -0.39 is 29.0 Å². The zero-order chi connectivity index (χ0) is 23.2. The van der Waals surface area contributed by atoms with E-state index in [1.54, 1.807) is 20.8 Å². The van der Waals surface area contributed by atoms with Crippen LogP contribution >= 0.6 is 18.5 Å². The van der Waals surface area contributed by atoms with Crippen molar-refractivity contribution in [2.24, 2.45) is 4.99 Å². The van der Waals surface area contributed by atoms with Crippen molar-refractivity contribution in [2.75, 3.05) is 13.2 Å². The summed E-state index contributed by atoms with van der Waals surface area (Å²) < 4.78 is 21.3. The molecule has 0 saturated carbocycles. The Balaban J connectivity index is 3.78. The maximum Gasteiger partial charge on any atom is 0.308 e. The lowest BCUT2D eigenvalue weighted by Gasteiger charge is -2.19. The molecule has 8 nitrogen and oxygen atoms in total. The van der Waals surface area contributed by atoms with Crippen molar-refractivity contribution in [1.29, 1.82) is 5.26 Å². The maximum atomic E-state index is 11.8. The van der Waals surface area contributed by atoms with Crippen molar-refractivity contribution in [3.8, 4) is 6.07 Å². The van der Waals surface area contributed by atoms with Crippen molar-refractivity contribution in [3.05, 3.63) is 0 Å². The molecule has 172 valence electrons. The number of carbonyl (C=O) groups excluding carboxylic acids is 2. The molecule has 0 radical (unpaired) electrons. The predicted octanol–water partition coefficient (Wildman–Crippen LogP) is 3.59. The Labute approximate surface area is 184 Å². The third-order valence-corrected chi connectivity index (χ3v) is 5.03. The molecule has 0 N–H and O–H groups in total. The van der Waals surface area contributed by atoms with Crippen LogP contribution in [0, 0.1) is 11.3 Å². The number of esters is 2. The Morgan fingerprint density at radius 3 is 1.83 bits per heavy atom. The van der Waals surface area contributed by atoms with Gasteiger partial charge in [0, 0.05) is 12.8 Å². The number of carbonyl (C=O) groups is 2. The fourth-order valence-electron chi connectivity index (χ4n) is 2.11. The fourth-order valence-corrected chi connectivity index (χ4v) is 2.40. The first-order valence-electron chi connectivity index (χ1n) is 10.00. The topological polar surface area (TPSA) is 107 Å². The molecule has 0 heterocycles. The van der Waals surface area contributed by atoms with Crippen LogP contribution in [-0.4, -0.2) is 54.9 Å². The maximum absolute atomic E-state index is 11.8. The summed E-state index contributed by atoms with van der Waals surface area (Å²) in [7, 11) is 4.98. The standard InChI is InChI=1S/C20H36N2O6P2/c1-15(27-17(23)8-10-19(3,29)14-21)25-12-6-7-13-26-16(2)28-18(24)9-11-20(4,30)22-5/h15-16H,5-13,29-30H2,1-4H3. The molecule has 30 heavy (non-hydrogen) atoms. The van der Waals surface area contributed by atoms with E-state index >= 15 is 0 Å².